The summed E-state index contributed by atoms with van der Waals surface area (Å²) in [7, 11) is 0. The maximum atomic E-state index is 11.9. The lowest BCUT2D eigenvalue weighted by molar-refractivity contribution is 0.0952. The van der Waals surface area contributed by atoms with E-state index in [0.717, 1.165) is 19.3 Å². The Morgan fingerprint density at radius 2 is 1.82 bits per heavy atom. The summed E-state index contributed by atoms with van der Waals surface area (Å²) in [6, 6.07) is 17.7. The Balaban J connectivity index is 1.64. The second-order valence-electron chi connectivity index (χ2n) is 7.08. The van der Waals surface area contributed by atoms with E-state index in [1.54, 1.807) is 24.3 Å². The summed E-state index contributed by atoms with van der Waals surface area (Å²) in [5.74, 6) is 0.561. The maximum absolute atomic E-state index is 11.9. The molecule has 1 amide bonds. The van der Waals surface area contributed by atoms with Gasteiger partial charge < -0.3 is 20.5 Å². The van der Waals surface area contributed by atoms with E-state index >= 15 is 0 Å². The van der Waals surface area contributed by atoms with Crippen molar-refractivity contribution in [1.82, 2.24) is 10.6 Å². The molecule has 0 fully saturated rings. The van der Waals surface area contributed by atoms with Crippen molar-refractivity contribution in [2.45, 2.75) is 45.3 Å². The first-order valence-electron chi connectivity index (χ1n) is 10.0. The van der Waals surface area contributed by atoms with Crippen LogP contribution in [0.1, 0.15) is 42.6 Å². The monoisotopic (exact) mass is 384 g/mol. The molecule has 2 aromatic rings. The van der Waals surface area contributed by atoms with E-state index in [9.17, 15) is 9.90 Å². The molecule has 0 saturated carbocycles. The van der Waals surface area contributed by atoms with Crippen LogP contribution in [0.25, 0.3) is 0 Å². The zero-order chi connectivity index (χ0) is 20.2. The number of aryl methyl sites for hydroxylation is 1. The number of aliphatic hydroxyl groups excluding tert-OH is 1. The molecule has 152 valence electrons. The molecule has 0 aliphatic rings. The Bertz CT molecular complexity index is 689. The number of amides is 1. The molecule has 0 bridgehead atoms. The third-order valence-electron chi connectivity index (χ3n) is 4.51. The highest BCUT2D eigenvalue weighted by atomic mass is 16.5. The molecule has 28 heavy (non-hydrogen) atoms. The molecular weight excluding hydrogens is 352 g/mol. The van der Waals surface area contributed by atoms with Gasteiger partial charge in [-0.15, -0.1) is 0 Å². The summed E-state index contributed by atoms with van der Waals surface area (Å²) in [5.41, 5.74) is 1.93. The lowest BCUT2D eigenvalue weighted by Crippen LogP contribution is -2.36. The van der Waals surface area contributed by atoms with Gasteiger partial charge in [0.25, 0.3) is 5.91 Å². The summed E-state index contributed by atoms with van der Waals surface area (Å²) < 4.78 is 5.62. The van der Waals surface area contributed by atoms with Crippen molar-refractivity contribution in [1.29, 1.82) is 0 Å². The molecule has 2 aromatic carbocycles. The first-order valence-corrected chi connectivity index (χ1v) is 10.0. The Labute approximate surface area is 168 Å². The lowest BCUT2D eigenvalue weighted by atomic mass is 10.1. The molecule has 2 atom stereocenters. The quantitative estimate of drug-likeness (QED) is 0.526. The van der Waals surface area contributed by atoms with Gasteiger partial charge in [0, 0.05) is 24.7 Å². The Morgan fingerprint density at radius 3 is 2.50 bits per heavy atom. The molecule has 0 spiro atoms. The Morgan fingerprint density at radius 1 is 1.11 bits per heavy atom. The fourth-order valence-electron chi connectivity index (χ4n) is 2.76. The molecule has 0 saturated heterocycles. The summed E-state index contributed by atoms with van der Waals surface area (Å²) in [5, 5.41) is 16.3. The molecule has 2 rings (SSSR count). The minimum Gasteiger partial charge on any atom is -0.491 e. The van der Waals surface area contributed by atoms with Gasteiger partial charge in [0.05, 0.1) is 0 Å². The highest BCUT2D eigenvalue weighted by Crippen LogP contribution is 2.12. The van der Waals surface area contributed by atoms with Gasteiger partial charge in [0.1, 0.15) is 18.5 Å². The normalized spacial score (nSPS) is 13.0. The minimum atomic E-state index is -0.591. The van der Waals surface area contributed by atoms with Crippen LogP contribution in [0.5, 0.6) is 5.75 Å². The highest BCUT2D eigenvalue weighted by molar-refractivity contribution is 5.94. The average Bonchev–Trinajstić information content (AvgIpc) is 2.74. The van der Waals surface area contributed by atoms with E-state index in [0.29, 0.717) is 30.4 Å². The SMILES string of the molecule is CCCNC(=O)c1ccc(OCC(O)CNC(C)CCc2ccccc2)cc1. The molecule has 0 radical (unpaired) electrons. The fraction of sp³-hybridized carbons (Fsp3) is 0.435. The van der Waals surface area contributed by atoms with Crippen molar-refractivity contribution >= 4 is 5.91 Å². The third kappa shape index (κ3) is 8.11. The maximum Gasteiger partial charge on any atom is 0.251 e. The fourth-order valence-corrected chi connectivity index (χ4v) is 2.76. The van der Waals surface area contributed by atoms with Gasteiger partial charge in [-0.05, 0) is 56.0 Å². The number of carbonyl (C=O) groups is 1. The number of benzene rings is 2. The number of hydrogen-bond donors (Lipinski definition) is 3. The zero-order valence-electron chi connectivity index (χ0n) is 16.9. The number of nitrogens with one attached hydrogen (secondary N) is 2. The van der Waals surface area contributed by atoms with Crippen molar-refractivity contribution in [3.05, 3.63) is 65.7 Å². The summed E-state index contributed by atoms with van der Waals surface area (Å²) in [6.07, 6.45) is 2.34. The van der Waals surface area contributed by atoms with E-state index in [1.165, 1.54) is 5.56 Å². The Kier molecular flexibility index (Phi) is 9.52. The molecule has 3 N–H and O–H groups in total. The van der Waals surface area contributed by atoms with Crippen LogP contribution in [0.4, 0.5) is 0 Å². The highest BCUT2D eigenvalue weighted by Gasteiger charge is 2.09. The van der Waals surface area contributed by atoms with Crippen LogP contribution in [0.2, 0.25) is 0 Å². The van der Waals surface area contributed by atoms with E-state index < -0.39 is 6.10 Å². The van der Waals surface area contributed by atoms with Crippen LogP contribution in [-0.2, 0) is 6.42 Å². The molecule has 0 aliphatic heterocycles. The van der Waals surface area contributed by atoms with Gasteiger partial charge >= 0.3 is 0 Å². The van der Waals surface area contributed by atoms with Crippen molar-refractivity contribution < 1.29 is 14.6 Å². The number of ether oxygens (including phenoxy) is 1. The van der Waals surface area contributed by atoms with Crippen molar-refractivity contribution in [2.75, 3.05) is 19.7 Å². The molecule has 5 nitrogen and oxygen atoms in total. The van der Waals surface area contributed by atoms with Crippen LogP contribution in [0.3, 0.4) is 0 Å². The first-order chi connectivity index (χ1) is 13.6. The van der Waals surface area contributed by atoms with Crippen LogP contribution in [0, 0.1) is 0 Å². The lowest BCUT2D eigenvalue weighted by Gasteiger charge is -2.18. The Hall–Kier alpha value is -2.37. The van der Waals surface area contributed by atoms with Gasteiger partial charge in [0.15, 0.2) is 0 Å². The van der Waals surface area contributed by atoms with Gasteiger partial charge in [-0.2, -0.15) is 0 Å². The number of aliphatic hydroxyl groups is 1. The average molecular weight is 385 g/mol. The number of hydrogen-bond acceptors (Lipinski definition) is 4. The molecule has 2 unspecified atom stereocenters. The van der Waals surface area contributed by atoms with E-state index in [4.69, 9.17) is 4.74 Å². The molecular formula is C23H32N2O3. The van der Waals surface area contributed by atoms with Crippen LogP contribution >= 0.6 is 0 Å². The van der Waals surface area contributed by atoms with Crippen LogP contribution in [0.15, 0.2) is 54.6 Å². The molecule has 5 heteroatoms. The van der Waals surface area contributed by atoms with E-state index in [1.807, 2.05) is 13.0 Å². The van der Waals surface area contributed by atoms with E-state index in [-0.39, 0.29) is 12.5 Å². The largest absolute Gasteiger partial charge is 0.491 e. The topological polar surface area (TPSA) is 70.6 Å². The predicted octanol–water partition coefficient (Wildman–Crippen LogP) is 3.18. The van der Waals surface area contributed by atoms with Crippen molar-refractivity contribution in [3.63, 3.8) is 0 Å². The van der Waals surface area contributed by atoms with Crippen LogP contribution in [-0.4, -0.2) is 42.9 Å². The summed E-state index contributed by atoms with van der Waals surface area (Å²) in [6.45, 7) is 5.49. The second-order valence-corrected chi connectivity index (χ2v) is 7.08. The number of carbonyl (C=O) groups excluding carboxylic acids is 1. The van der Waals surface area contributed by atoms with Gasteiger partial charge in [-0.1, -0.05) is 37.3 Å². The molecule has 0 heterocycles. The minimum absolute atomic E-state index is 0.0814. The second kappa shape index (κ2) is 12.2. The predicted molar refractivity (Wildman–Crippen MR) is 113 cm³/mol. The van der Waals surface area contributed by atoms with Crippen molar-refractivity contribution in [2.24, 2.45) is 0 Å². The van der Waals surface area contributed by atoms with Gasteiger partial charge in [-0.3, -0.25) is 4.79 Å². The van der Waals surface area contributed by atoms with Gasteiger partial charge in [-0.25, -0.2) is 0 Å². The van der Waals surface area contributed by atoms with Gasteiger partial charge in [0.2, 0.25) is 0 Å². The van der Waals surface area contributed by atoms with Crippen LogP contribution < -0.4 is 15.4 Å². The van der Waals surface area contributed by atoms with E-state index in [2.05, 4.69) is 41.8 Å². The number of rotatable bonds is 12. The standard InChI is InChI=1S/C23H32N2O3/c1-3-15-24-23(27)20-11-13-22(14-12-20)28-17-21(26)16-25-18(2)9-10-19-7-5-4-6-8-19/h4-8,11-14,18,21,25-26H,3,9-10,15-17H2,1-2H3,(H,24,27). The summed E-state index contributed by atoms with van der Waals surface area (Å²) in [4.78, 5) is 11.9. The summed E-state index contributed by atoms with van der Waals surface area (Å²) >= 11 is 0. The zero-order valence-corrected chi connectivity index (χ0v) is 16.9. The smallest absolute Gasteiger partial charge is 0.251 e. The molecule has 0 aromatic heterocycles. The first kappa shape index (κ1) is 21.9. The molecule has 0 aliphatic carbocycles. The van der Waals surface area contributed by atoms with Crippen molar-refractivity contribution in [3.8, 4) is 5.75 Å². The third-order valence-corrected chi connectivity index (χ3v) is 4.51.